The summed E-state index contributed by atoms with van der Waals surface area (Å²) in [6.07, 6.45) is 2.92. The van der Waals surface area contributed by atoms with Crippen molar-refractivity contribution in [2.75, 3.05) is 0 Å². The van der Waals surface area contributed by atoms with Crippen LogP contribution in [0.25, 0.3) is 0 Å². The predicted octanol–water partition coefficient (Wildman–Crippen LogP) is 3.71. The highest BCUT2D eigenvalue weighted by Crippen LogP contribution is 2.49. The third kappa shape index (κ3) is 1.45. The lowest BCUT2D eigenvalue weighted by atomic mass is 9.58. The van der Waals surface area contributed by atoms with Gasteiger partial charge in [-0.25, -0.2) is 0 Å². The first-order valence-corrected chi connectivity index (χ1v) is 4.96. The van der Waals surface area contributed by atoms with E-state index in [4.69, 9.17) is 0 Å². The first kappa shape index (κ1) is 9.09. The molecule has 0 nitrogen and oxygen atoms in total. The molecule has 0 aromatic carbocycles. The molecule has 11 heavy (non-hydrogen) atoms. The average Bonchev–Trinajstić information content (AvgIpc) is 1.83. The predicted molar refractivity (Wildman–Crippen MR) is 50.5 cm³/mol. The van der Waals surface area contributed by atoms with Crippen LogP contribution in [-0.2, 0) is 0 Å². The Morgan fingerprint density at radius 1 is 1.18 bits per heavy atom. The van der Waals surface area contributed by atoms with Gasteiger partial charge in [0.05, 0.1) is 0 Å². The van der Waals surface area contributed by atoms with Crippen LogP contribution in [0, 0.1) is 23.2 Å². The Morgan fingerprint density at radius 2 is 1.73 bits per heavy atom. The summed E-state index contributed by atoms with van der Waals surface area (Å²) in [5.41, 5.74) is 0.567. The molecule has 0 N–H and O–H groups in total. The molecule has 0 aromatic rings. The molecular weight excluding hydrogens is 132 g/mol. The molecule has 1 saturated carbocycles. The summed E-state index contributed by atoms with van der Waals surface area (Å²) in [5.74, 6) is 2.80. The lowest BCUT2D eigenvalue weighted by Crippen LogP contribution is -2.39. The Morgan fingerprint density at radius 3 is 1.82 bits per heavy atom. The zero-order chi connectivity index (χ0) is 8.65. The van der Waals surface area contributed by atoms with Crippen LogP contribution >= 0.6 is 0 Å². The fourth-order valence-electron chi connectivity index (χ4n) is 2.20. The zero-order valence-electron chi connectivity index (χ0n) is 8.65. The molecule has 0 aliphatic heterocycles. The molecule has 1 aliphatic carbocycles. The fraction of sp³-hybridized carbons (Fsp3) is 1.00. The molecule has 66 valence electrons. The van der Waals surface area contributed by atoms with Gasteiger partial charge >= 0.3 is 0 Å². The van der Waals surface area contributed by atoms with E-state index >= 15 is 0 Å². The van der Waals surface area contributed by atoms with E-state index in [9.17, 15) is 0 Å². The van der Waals surface area contributed by atoms with Crippen LogP contribution in [0.1, 0.15) is 47.5 Å². The first-order chi connectivity index (χ1) is 4.96. The Balaban J connectivity index is 2.57. The van der Waals surface area contributed by atoms with Gasteiger partial charge < -0.3 is 0 Å². The van der Waals surface area contributed by atoms with E-state index < -0.39 is 0 Å². The maximum atomic E-state index is 2.43. The van der Waals surface area contributed by atoms with E-state index in [2.05, 4.69) is 34.6 Å². The molecule has 1 rings (SSSR count). The second-order valence-corrected chi connectivity index (χ2v) is 5.14. The molecule has 0 amide bonds. The van der Waals surface area contributed by atoms with Crippen LogP contribution in [0.3, 0.4) is 0 Å². The summed E-state index contributed by atoms with van der Waals surface area (Å²) >= 11 is 0. The van der Waals surface area contributed by atoms with E-state index in [1.165, 1.54) is 12.8 Å². The van der Waals surface area contributed by atoms with Crippen molar-refractivity contribution in [3.8, 4) is 0 Å². The van der Waals surface area contributed by atoms with E-state index in [-0.39, 0.29) is 0 Å². The molecule has 0 heteroatoms. The molecule has 0 spiro atoms. The lowest BCUT2D eigenvalue weighted by molar-refractivity contribution is 0.0182. The molecule has 0 saturated heterocycles. The summed E-state index contributed by atoms with van der Waals surface area (Å²) in [4.78, 5) is 0. The van der Waals surface area contributed by atoms with Crippen molar-refractivity contribution in [2.24, 2.45) is 23.2 Å². The van der Waals surface area contributed by atoms with E-state index in [1.54, 1.807) is 0 Å². The second kappa shape index (κ2) is 2.80. The minimum Gasteiger partial charge on any atom is -0.0623 e. The molecule has 1 aliphatic rings. The SMILES string of the molecule is CC1CCC1C(C)(C)C(C)C. The van der Waals surface area contributed by atoms with Gasteiger partial charge in [-0.05, 0) is 29.6 Å². The molecule has 0 radical (unpaired) electrons. The summed E-state index contributed by atoms with van der Waals surface area (Å²) in [6.45, 7) is 12.0. The summed E-state index contributed by atoms with van der Waals surface area (Å²) in [6, 6.07) is 0. The minimum atomic E-state index is 0.567. The van der Waals surface area contributed by atoms with E-state index in [1.807, 2.05) is 0 Å². The number of hydrogen-bond donors (Lipinski definition) is 0. The van der Waals surface area contributed by atoms with Gasteiger partial charge in [0.2, 0.25) is 0 Å². The Hall–Kier alpha value is 0. The van der Waals surface area contributed by atoms with Crippen molar-refractivity contribution >= 4 is 0 Å². The molecular formula is C11H22. The monoisotopic (exact) mass is 154 g/mol. The molecule has 1 fully saturated rings. The third-order valence-corrected chi connectivity index (χ3v) is 4.06. The molecule has 0 heterocycles. The summed E-state index contributed by atoms with van der Waals surface area (Å²) in [5, 5.41) is 0. The fourth-order valence-corrected chi connectivity index (χ4v) is 2.20. The summed E-state index contributed by atoms with van der Waals surface area (Å²) in [7, 11) is 0. The molecule has 0 bridgehead atoms. The van der Waals surface area contributed by atoms with Crippen LogP contribution in [0.2, 0.25) is 0 Å². The molecule has 2 atom stereocenters. The second-order valence-electron chi connectivity index (χ2n) is 5.14. The first-order valence-electron chi connectivity index (χ1n) is 4.96. The van der Waals surface area contributed by atoms with Crippen molar-refractivity contribution in [3.63, 3.8) is 0 Å². The van der Waals surface area contributed by atoms with Crippen molar-refractivity contribution < 1.29 is 0 Å². The highest BCUT2D eigenvalue weighted by Gasteiger charge is 2.40. The lowest BCUT2D eigenvalue weighted by Gasteiger charge is -2.48. The van der Waals surface area contributed by atoms with Crippen molar-refractivity contribution in [1.82, 2.24) is 0 Å². The van der Waals surface area contributed by atoms with Gasteiger partial charge in [-0.1, -0.05) is 41.0 Å². The van der Waals surface area contributed by atoms with Crippen LogP contribution < -0.4 is 0 Å². The quantitative estimate of drug-likeness (QED) is 0.568. The Kier molecular flexibility index (Phi) is 2.32. The molecule has 0 aromatic heterocycles. The number of hydrogen-bond acceptors (Lipinski definition) is 0. The van der Waals surface area contributed by atoms with Gasteiger partial charge in [0.25, 0.3) is 0 Å². The normalized spacial score (nSPS) is 32.2. The summed E-state index contributed by atoms with van der Waals surface area (Å²) < 4.78 is 0. The maximum Gasteiger partial charge on any atom is -0.0300 e. The highest BCUT2D eigenvalue weighted by atomic mass is 14.5. The largest absolute Gasteiger partial charge is 0.0623 e. The third-order valence-electron chi connectivity index (χ3n) is 4.06. The Labute approximate surface area is 71.4 Å². The minimum absolute atomic E-state index is 0.567. The van der Waals surface area contributed by atoms with Gasteiger partial charge in [-0.15, -0.1) is 0 Å². The average molecular weight is 154 g/mol. The van der Waals surface area contributed by atoms with Crippen molar-refractivity contribution in [1.29, 1.82) is 0 Å². The van der Waals surface area contributed by atoms with Crippen molar-refractivity contribution in [3.05, 3.63) is 0 Å². The van der Waals surface area contributed by atoms with Crippen LogP contribution in [0.5, 0.6) is 0 Å². The smallest absolute Gasteiger partial charge is 0.0300 e. The topological polar surface area (TPSA) is 0 Å². The van der Waals surface area contributed by atoms with E-state index in [0.717, 1.165) is 17.8 Å². The van der Waals surface area contributed by atoms with Gasteiger partial charge in [0.15, 0.2) is 0 Å². The maximum absolute atomic E-state index is 2.43. The van der Waals surface area contributed by atoms with Gasteiger partial charge in [-0.3, -0.25) is 0 Å². The number of rotatable bonds is 2. The van der Waals surface area contributed by atoms with Gasteiger partial charge in [0.1, 0.15) is 0 Å². The van der Waals surface area contributed by atoms with Gasteiger partial charge in [0, 0.05) is 0 Å². The Bertz CT molecular complexity index is 133. The standard InChI is InChI=1S/C11H22/c1-8(2)11(4,5)10-7-6-9(10)3/h8-10H,6-7H2,1-5H3. The highest BCUT2D eigenvalue weighted by molar-refractivity contribution is 4.90. The van der Waals surface area contributed by atoms with Crippen LogP contribution in [0.4, 0.5) is 0 Å². The van der Waals surface area contributed by atoms with Gasteiger partial charge in [-0.2, -0.15) is 0 Å². The van der Waals surface area contributed by atoms with Crippen molar-refractivity contribution in [2.45, 2.75) is 47.5 Å². The van der Waals surface area contributed by atoms with Crippen LogP contribution in [0.15, 0.2) is 0 Å². The zero-order valence-corrected chi connectivity index (χ0v) is 8.65. The molecule has 2 unspecified atom stereocenters. The van der Waals surface area contributed by atoms with Crippen LogP contribution in [-0.4, -0.2) is 0 Å². The van der Waals surface area contributed by atoms with E-state index in [0.29, 0.717) is 5.41 Å².